The zero-order valence-electron chi connectivity index (χ0n) is 21.9. The van der Waals surface area contributed by atoms with Crippen molar-refractivity contribution < 1.29 is 27.9 Å². The van der Waals surface area contributed by atoms with Crippen molar-refractivity contribution in [1.29, 1.82) is 0 Å². The van der Waals surface area contributed by atoms with E-state index in [1.54, 1.807) is 55.5 Å². The number of aliphatic imine (C=N–C) groups is 1. The van der Waals surface area contributed by atoms with Gasteiger partial charge in [0.25, 0.3) is 5.91 Å². The Morgan fingerprint density at radius 1 is 1.00 bits per heavy atom. The highest BCUT2D eigenvalue weighted by Crippen LogP contribution is 2.30. The van der Waals surface area contributed by atoms with Crippen LogP contribution in [0.15, 0.2) is 89.9 Å². The number of carbonyl (C=O) groups excluding carboxylic acids is 2. The van der Waals surface area contributed by atoms with Crippen LogP contribution in [0.25, 0.3) is 0 Å². The molecule has 40 heavy (non-hydrogen) atoms. The van der Waals surface area contributed by atoms with Crippen molar-refractivity contribution in [2.75, 3.05) is 18.0 Å². The lowest BCUT2D eigenvalue weighted by Crippen LogP contribution is -2.52. The second-order valence-corrected chi connectivity index (χ2v) is 9.54. The summed E-state index contributed by atoms with van der Waals surface area (Å²) in [6.07, 6.45) is -7.94. The van der Waals surface area contributed by atoms with Gasteiger partial charge in [-0.05, 0) is 25.0 Å². The molecule has 3 atom stereocenters. The number of benzene rings is 3. The molecule has 210 valence electrons. The maximum Gasteiger partial charge on any atom is 0.389 e. The molecule has 0 aromatic heterocycles. The van der Waals surface area contributed by atoms with Crippen LogP contribution in [0.5, 0.6) is 0 Å². The Labute approximate surface area is 230 Å². The number of fused-ring (bicyclic) bond motifs is 1. The largest absolute Gasteiger partial charge is 0.389 e. The van der Waals surface area contributed by atoms with E-state index in [0.29, 0.717) is 28.1 Å². The van der Waals surface area contributed by atoms with E-state index in [1.165, 1.54) is 4.90 Å². The van der Waals surface area contributed by atoms with Gasteiger partial charge in [0, 0.05) is 30.6 Å². The maximum atomic E-state index is 13.7. The first kappa shape index (κ1) is 29.0. The third kappa shape index (κ3) is 7.34. The van der Waals surface area contributed by atoms with Gasteiger partial charge in [0.2, 0.25) is 12.1 Å². The fourth-order valence-electron chi connectivity index (χ4n) is 4.45. The van der Waals surface area contributed by atoms with Gasteiger partial charge in [-0.15, -0.1) is 0 Å². The molecule has 0 saturated heterocycles. The number of benzodiazepines with no additional fused rings is 1. The molecule has 3 N–H and O–H groups in total. The lowest BCUT2D eigenvalue weighted by atomic mass is 10.00. The Balaban J connectivity index is 1.59. The number of nitrogens with one attached hydrogen (secondary N) is 2. The molecule has 10 heteroatoms. The first-order valence-corrected chi connectivity index (χ1v) is 13.0. The molecule has 4 rings (SSSR count). The number of hydrogen-bond acceptors (Lipinski definition) is 5. The van der Waals surface area contributed by atoms with Gasteiger partial charge in [-0.2, -0.15) is 13.2 Å². The smallest absolute Gasteiger partial charge is 0.387 e. The predicted octanol–water partition coefficient (Wildman–Crippen LogP) is 4.37. The molecule has 2 amide bonds. The summed E-state index contributed by atoms with van der Waals surface area (Å²) in [6.45, 7) is 1.48. The van der Waals surface area contributed by atoms with Crippen LogP contribution in [-0.2, 0) is 9.59 Å². The number of aliphatic hydroxyl groups excluding tert-OH is 1. The molecule has 0 fully saturated rings. The van der Waals surface area contributed by atoms with Gasteiger partial charge in [0.05, 0.1) is 23.5 Å². The lowest BCUT2D eigenvalue weighted by Gasteiger charge is -2.26. The molecule has 3 aromatic rings. The molecular weight excluding hydrogens is 521 g/mol. The summed E-state index contributed by atoms with van der Waals surface area (Å²) in [5, 5.41) is 16.1. The predicted molar refractivity (Wildman–Crippen MR) is 147 cm³/mol. The normalized spacial score (nSPS) is 16.9. The van der Waals surface area contributed by atoms with Gasteiger partial charge >= 0.3 is 6.18 Å². The molecule has 0 saturated carbocycles. The number of amides is 2. The van der Waals surface area contributed by atoms with Crippen LogP contribution in [0.2, 0.25) is 0 Å². The second-order valence-electron chi connectivity index (χ2n) is 9.54. The molecule has 0 radical (unpaired) electrons. The molecule has 0 spiro atoms. The number of alkyl halides is 3. The molecule has 2 unspecified atom stereocenters. The van der Waals surface area contributed by atoms with Crippen molar-refractivity contribution in [2.24, 2.45) is 4.99 Å². The van der Waals surface area contributed by atoms with Crippen LogP contribution in [-0.4, -0.2) is 54.1 Å². The van der Waals surface area contributed by atoms with Gasteiger partial charge in [0.15, 0.2) is 0 Å². The maximum absolute atomic E-state index is 13.7. The highest BCUT2D eigenvalue weighted by Gasteiger charge is 2.35. The summed E-state index contributed by atoms with van der Waals surface area (Å²) in [5.41, 5.74) is 2.81. The topological polar surface area (TPSA) is 94.0 Å². The van der Waals surface area contributed by atoms with Crippen molar-refractivity contribution >= 4 is 23.2 Å². The Kier molecular flexibility index (Phi) is 9.34. The summed E-state index contributed by atoms with van der Waals surface area (Å²) < 4.78 is 38.8. The fraction of sp³-hybridized carbons (Fsp3) is 0.300. The van der Waals surface area contributed by atoms with E-state index in [-0.39, 0.29) is 19.5 Å². The molecule has 0 aliphatic carbocycles. The van der Waals surface area contributed by atoms with Gasteiger partial charge in [-0.25, -0.2) is 4.99 Å². The summed E-state index contributed by atoms with van der Waals surface area (Å²) in [6, 6.07) is 24.1. The minimum atomic E-state index is -4.36. The molecule has 1 heterocycles. The minimum Gasteiger partial charge on any atom is -0.387 e. The third-order valence-electron chi connectivity index (χ3n) is 6.57. The van der Waals surface area contributed by atoms with Crippen LogP contribution in [0.1, 0.15) is 42.6 Å². The van der Waals surface area contributed by atoms with Crippen LogP contribution >= 0.6 is 0 Å². The zero-order chi connectivity index (χ0) is 28.7. The molecule has 3 aromatic carbocycles. The van der Waals surface area contributed by atoms with Gasteiger partial charge in [0.1, 0.15) is 0 Å². The number of nitrogens with zero attached hydrogens (tertiary/aromatic N) is 2. The van der Waals surface area contributed by atoms with E-state index in [1.807, 2.05) is 36.4 Å². The number of para-hydroxylation sites is 1. The standard InChI is InChI=1S/C30H31F3N4O3/c1-20(34-19-25(38)21-11-4-2-5-12-21)28(39)36-27-29(40)37(18-10-17-30(31,32)33)24-16-9-8-15-23(24)26(35-27)22-13-6-3-7-14-22/h2-9,11-16,20,25,27,34,38H,10,17-19H2,1H3,(H,36,39)/t20-,25?,27?/m0/s1. The summed E-state index contributed by atoms with van der Waals surface area (Å²) in [5.74, 6) is -1.18. The van der Waals surface area contributed by atoms with E-state index in [4.69, 9.17) is 0 Å². The Morgan fingerprint density at radius 3 is 2.30 bits per heavy atom. The van der Waals surface area contributed by atoms with Gasteiger partial charge < -0.3 is 20.6 Å². The average molecular weight is 553 g/mol. The van der Waals surface area contributed by atoms with Crippen molar-refractivity contribution in [3.63, 3.8) is 0 Å². The zero-order valence-corrected chi connectivity index (χ0v) is 21.9. The van der Waals surface area contributed by atoms with E-state index in [2.05, 4.69) is 15.6 Å². The fourth-order valence-corrected chi connectivity index (χ4v) is 4.45. The molecule has 1 aliphatic heterocycles. The van der Waals surface area contributed by atoms with Crippen LogP contribution < -0.4 is 15.5 Å². The number of rotatable bonds is 10. The van der Waals surface area contributed by atoms with Crippen molar-refractivity contribution in [2.45, 2.75) is 44.3 Å². The number of halogens is 3. The van der Waals surface area contributed by atoms with Gasteiger partial charge in [-0.1, -0.05) is 78.9 Å². The molecule has 0 bridgehead atoms. The van der Waals surface area contributed by atoms with Crippen molar-refractivity contribution in [1.82, 2.24) is 10.6 Å². The lowest BCUT2D eigenvalue weighted by molar-refractivity contribution is -0.135. The third-order valence-corrected chi connectivity index (χ3v) is 6.57. The average Bonchev–Trinajstić information content (AvgIpc) is 3.06. The van der Waals surface area contributed by atoms with E-state index in [0.717, 1.165) is 0 Å². The van der Waals surface area contributed by atoms with Crippen LogP contribution in [0.4, 0.5) is 18.9 Å². The van der Waals surface area contributed by atoms with E-state index in [9.17, 15) is 27.9 Å². The summed E-state index contributed by atoms with van der Waals surface area (Å²) in [7, 11) is 0. The van der Waals surface area contributed by atoms with Gasteiger partial charge in [-0.3, -0.25) is 9.59 Å². The molecular formula is C30H31F3N4O3. The quantitative estimate of drug-likeness (QED) is 0.348. The summed E-state index contributed by atoms with van der Waals surface area (Å²) >= 11 is 0. The highest BCUT2D eigenvalue weighted by atomic mass is 19.4. The first-order valence-electron chi connectivity index (χ1n) is 13.0. The SMILES string of the molecule is C[C@H](NCC(O)c1ccccc1)C(=O)NC1N=C(c2ccccc2)c2ccccc2N(CCCC(F)(F)F)C1=O. The Morgan fingerprint density at radius 2 is 1.62 bits per heavy atom. The summed E-state index contributed by atoms with van der Waals surface area (Å²) in [4.78, 5) is 32.8. The molecule has 1 aliphatic rings. The number of aliphatic hydroxyl groups is 1. The Bertz CT molecular complexity index is 1330. The monoisotopic (exact) mass is 552 g/mol. The number of carbonyl (C=O) groups is 2. The second kappa shape index (κ2) is 12.9. The first-order chi connectivity index (χ1) is 19.1. The molecule has 7 nitrogen and oxygen atoms in total. The van der Waals surface area contributed by atoms with Crippen molar-refractivity contribution in [3.05, 3.63) is 102 Å². The van der Waals surface area contributed by atoms with Crippen LogP contribution in [0, 0.1) is 0 Å². The van der Waals surface area contributed by atoms with E-state index >= 15 is 0 Å². The highest BCUT2D eigenvalue weighted by molar-refractivity contribution is 6.20. The minimum absolute atomic E-state index is 0.0881. The van der Waals surface area contributed by atoms with Crippen LogP contribution in [0.3, 0.4) is 0 Å². The number of anilines is 1. The Hall–Kier alpha value is -4.02. The van der Waals surface area contributed by atoms with E-state index < -0.39 is 42.7 Å². The number of hydrogen-bond donors (Lipinski definition) is 3. The van der Waals surface area contributed by atoms with Crippen molar-refractivity contribution in [3.8, 4) is 0 Å².